The summed E-state index contributed by atoms with van der Waals surface area (Å²) in [6.07, 6.45) is 2.22. The van der Waals surface area contributed by atoms with Crippen LogP contribution in [-0.4, -0.2) is 26.3 Å². The van der Waals surface area contributed by atoms with Crippen molar-refractivity contribution < 1.29 is 9.13 Å². The van der Waals surface area contributed by atoms with E-state index < -0.39 is 0 Å². The Morgan fingerprint density at radius 2 is 1.94 bits per heavy atom. The predicted octanol–water partition coefficient (Wildman–Crippen LogP) is 2.02. The Labute approximate surface area is 100 Å². The van der Waals surface area contributed by atoms with Gasteiger partial charge in [-0.3, -0.25) is 0 Å². The van der Waals surface area contributed by atoms with Crippen molar-refractivity contribution in [2.24, 2.45) is 5.41 Å². The molecule has 0 radical (unpaired) electrons. The molecular formula is C13H17FN2O. The Morgan fingerprint density at radius 3 is 2.65 bits per heavy atom. The summed E-state index contributed by atoms with van der Waals surface area (Å²) in [6, 6.07) is 4.57. The molecule has 2 N–H and O–H groups in total. The maximum Gasteiger partial charge on any atom is 0.125 e. The zero-order valence-electron chi connectivity index (χ0n) is 9.79. The highest BCUT2D eigenvalue weighted by atomic mass is 19.1. The summed E-state index contributed by atoms with van der Waals surface area (Å²) in [5.41, 5.74) is 7.77. The molecule has 3 rings (SSSR count). The van der Waals surface area contributed by atoms with E-state index in [9.17, 15) is 4.39 Å². The number of hydrogen-bond acceptors (Lipinski definition) is 3. The molecule has 2 aliphatic rings. The highest BCUT2D eigenvalue weighted by molar-refractivity contribution is 5.69. The van der Waals surface area contributed by atoms with Crippen LogP contribution in [0.5, 0.6) is 0 Å². The fourth-order valence-corrected chi connectivity index (χ4v) is 2.85. The molecule has 0 aliphatic carbocycles. The molecule has 17 heavy (non-hydrogen) atoms. The molecule has 1 spiro atoms. The zero-order chi connectivity index (χ0) is 11.9. The molecule has 0 bridgehead atoms. The number of hydrogen-bond donors (Lipinski definition) is 1. The Balaban J connectivity index is 1.74. The van der Waals surface area contributed by atoms with Crippen molar-refractivity contribution in [3.8, 4) is 0 Å². The molecule has 0 aromatic heterocycles. The number of halogens is 1. The van der Waals surface area contributed by atoms with Crippen molar-refractivity contribution in [2.45, 2.75) is 12.8 Å². The second-order valence-electron chi connectivity index (χ2n) is 5.17. The van der Waals surface area contributed by atoms with Gasteiger partial charge in [-0.2, -0.15) is 0 Å². The van der Waals surface area contributed by atoms with E-state index in [1.165, 1.54) is 12.1 Å². The summed E-state index contributed by atoms with van der Waals surface area (Å²) in [5, 5.41) is 0. The summed E-state index contributed by atoms with van der Waals surface area (Å²) in [7, 11) is 0. The first-order valence-electron chi connectivity index (χ1n) is 6.06. The lowest BCUT2D eigenvalue weighted by molar-refractivity contribution is -0.000160. The van der Waals surface area contributed by atoms with E-state index in [-0.39, 0.29) is 5.82 Å². The van der Waals surface area contributed by atoms with Crippen LogP contribution in [0.3, 0.4) is 0 Å². The minimum absolute atomic E-state index is 0.220. The average molecular weight is 236 g/mol. The number of nitrogens with two attached hydrogens (primary N) is 1. The van der Waals surface area contributed by atoms with Crippen molar-refractivity contribution in [2.75, 3.05) is 36.9 Å². The summed E-state index contributed by atoms with van der Waals surface area (Å²) < 4.78 is 18.6. The molecule has 1 aromatic carbocycles. The first-order chi connectivity index (χ1) is 8.19. The monoisotopic (exact) mass is 236 g/mol. The molecular weight excluding hydrogens is 219 g/mol. The molecule has 2 aliphatic heterocycles. The quantitative estimate of drug-likeness (QED) is 0.758. The van der Waals surface area contributed by atoms with Gasteiger partial charge in [0, 0.05) is 31.7 Å². The SMILES string of the molecule is Nc1ccc(F)cc1N1CC2(CCOCC2)C1. The number of ether oxygens (including phenoxy) is 1. The molecule has 0 unspecified atom stereocenters. The number of rotatable bonds is 1. The third kappa shape index (κ3) is 1.86. The van der Waals surface area contributed by atoms with Gasteiger partial charge in [-0.15, -0.1) is 0 Å². The van der Waals surface area contributed by atoms with Gasteiger partial charge in [0.25, 0.3) is 0 Å². The van der Waals surface area contributed by atoms with Crippen molar-refractivity contribution in [3.05, 3.63) is 24.0 Å². The number of anilines is 2. The molecule has 2 saturated heterocycles. The molecule has 0 saturated carbocycles. The lowest BCUT2D eigenvalue weighted by atomic mass is 9.73. The van der Waals surface area contributed by atoms with Crippen molar-refractivity contribution in [1.29, 1.82) is 0 Å². The average Bonchev–Trinajstić information content (AvgIpc) is 2.30. The zero-order valence-corrected chi connectivity index (χ0v) is 9.79. The van der Waals surface area contributed by atoms with E-state index in [4.69, 9.17) is 10.5 Å². The van der Waals surface area contributed by atoms with Crippen molar-refractivity contribution in [1.82, 2.24) is 0 Å². The first-order valence-corrected chi connectivity index (χ1v) is 6.06. The summed E-state index contributed by atoms with van der Waals surface area (Å²) in [5.74, 6) is -0.220. The lowest BCUT2D eigenvalue weighted by Crippen LogP contribution is -2.58. The fourth-order valence-electron chi connectivity index (χ4n) is 2.85. The third-order valence-corrected chi connectivity index (χ3v) is 3.94. The van der Waals surface area contributed by atoms with Crippen LogP contribution in [0, 0.1) is 11.2 Å². The van der Waals surface area contributed by atoms with Crippen LogP contribution in [0.15, 0.2) is 18.2 Å². The van der Waals surface area contributed by atoms with E-state index in [0.29, 0.717) is 11.1 Å². The molecule has 4 heteroatoms. The molecule has 0 atom stereocenters. The largest absolute Gasteiger partial charge is 0.397 e. The van der Waals surface area contributed by atoms with Crippen LogP contribution in [0.2, 0.25) is 0 Å². The van der Waals surface area contributed by atoms with Crippen LogP contribution >= 0.6 is 0 Å². The van der Waals surface area contributed by atoms with Crippen LogP contribution in [-0.2, 0) is 4.74 Å². The maximum absolute atomic E-state index is 13.2. The number of nitrogen functional groups attached to an aromatic ring is 1. The van der Waals surface area contributed by atoms with Crippen molar-refractivity contribution >= 4 is 11.4 Å². The van der Waals surface area contributed by atoms with E-state index in [2.05, 4.69) is 4.90 Å². The van der Waals surface area contributed by atoms with Crippen LogP contribution in [0.1, 0.15) is 12.8 Å². The molecule has 3 nitrogen and oxygen atoms in total. The van der Waals surface area contributed by atoms with E-state index in [1.807, 2.05) is 0 Å². The fraction of sp³-hybridized carbons (Fsp3) is 0.538. The van der Waals surface area contributed by atoms with Crippen LogP contribution in [0.4, 0.5) is 15.8 Å². The van der Waals surface area contributed by atoms with Gasteiger partial charge in [0.1, 0.15) is 5.82 Å². The van der Waals surface area contributed by atoms with Gasteiger partial charge >= 0.3 is 0 Å². The van der Waals surface area contributed by atoms with Gasteiger partial charge in [0.15, 0.2) is 0 Å². The lowest BCUT2D eigenvalue weighted by Gasteiger charge is -2.53. The molecule has 1 aromatic rings. The Hall–Kier alpha value is -1.29. The molecule has 0 amide bonds. The predicted molar refractivity (Wildman–Crippen MR) is 65.5 cm³/mol. The Morgan fingerprint density at radius 1 is 1.24 bits per heavy atom. The summed E-state index contributed by atoms with van der Waals surface area (Å²) in [6.45, 7) is 3.66. The maximum atomic E-state index is 13.2. The number of nitrogens with zero attached hydrogens (tertiary/aromatic N) is 1. The van der Waals surface area contributed by atoms with Gasteiger partial charge in [0.05, 0.1) is 11.4 Å². The van der Waals surface area contributed by atoms with Crippen LogP contribution in [0.25, 0.3) is 0 Å². The highest BCUT2D eigenvalue weighted by Crippen LogP contribution is 2.43. The third-order valence-electron chi connectivity index (χ3n) is 3.94. The van der Waals surface area contributed by atoms with Gasteiger partial charge in [0.2, 0.25) is 0 Å². The molecule has 2 heterocycles. The minimum atomic E-state index is -0.220. The minimum Gasteiger partial charge on any atom is -0.397 e. The number of benzene rings is 1. The van der Waals surface area contributed by atoms with E-state index in [0.717, 1.165) is 44.8 Å². The second kappa shape index (κ2) is 3.88. The van der Waals surface area contributed by atoms with Crippen molar-refractivity contribution in [3.63, 3.8) is 0 Å². The smallest absolute Gasteiger partial charge is 0.125 e. The molecule has 2 fully saturated rings. The summed E-state index contributed by atoms with van der Waals surface area (Å²) >= 11 is 0. The highest BCUT2D eigenvalue weighted by Gasteiger charge is 2.44. The van der Waals surface area contributed by atoms with Gasteiger partial charge < -0.3 is 15.4 Å². The standard InChI is InChI=1S/C13H17FN2O/c14-10-1-2-11(15)12(7-10)16-8-13(9-16)3-5-17-6-4-13/h1-2,7H,3-6,8-9,15H2. The Bertz CT molecular complexity index is 421. The Kier molecular flexibility index (Phi) is 2.47. The van der Waals surface area contributed by atoms with E-state index in [1.54, 1.807) is 6.07 Å². The van der Waals surface area contributed by atoms with Crippen LogP contribution < -0.4 is 10.6 Å². The summed E-state index contributed by atoms with van der Waals surface area (Å²) in [4.78, 5) is 2.17. The van der Waals surface area contributed by atoms with E-state index >= 15 is 0 Å². The van der Waals surface area contributed by atoms with Gasteiger partial charge in [-0.1, -0.05) is 0 Å². The molecule has 92 valence electrons. The first kappa shape index (κ1) is 10.8. The van der Waals surface area contributed by atoms with Gasteiger partial charge in [-0.05, 0) is 31.0 Å². The second-order valence-corrected chi connectivity index (χ2v) is 5.17. The van der Waals surface area contributed by atoms with Gasteiger partial charge in [-0.25, -0.2) is 4.39 Å². The topological polar surface area (TPSA) is 38.5 Å². The normalized spacial score (nSPS) is 22.5.